The lowest BCUT2D eigenvalue weighted by atomic mass is 10.2. The summed E-state index contributed by atoms with van der Waals surface area (Å²) in [6, 6.07) is 10.2. The van der Waals surface area contributed by atoms with Gasteiger partial charge >= 0.3 is 0 Å². The van der Waals surface area contributed by atoms with E-state index >= 15 is 0 Å². The van der Waals surface area contributed by atoms with Crippen LogP contribution in [0.5, 0.6) is 0 Å². The smallest absolute Gasteiger partial charge is 0.227 e. The first-order valence-corrected chi connectivity index (χ1v) is 8.31. The quantitative estimate of drug-likeness (QED) is 0.645. The summed E-state index contributed by atoms with van der Waals surface area (Å²) in [4.78, 5) is 4.45. The highest BCUT2D eigenvalue weighted by Crippen LogP contribution is 2.15. The largest absolute Gasteiger partial charge is 0.339 e. The third-order valence-corrected chi connectivity index (χ3v) is 3.78. The summed E-state index contributed by atoms with van der Waals surface area (Å²) in [5.41, 5.74) is 2.17. The van der Waals surface area contributed by atoms with Crippen molar-refractivity contribution >= 4 is 0 Å². The SMILES string of the molecule is Cc1cnn(CC(C)NCCCc2nc(-c3ccccc3)no2)c1. The van der Waals surface area contributed by atoms with Gasteiger partial charge in [0.1, 0.15) is 0 Å². The van der Waals surface area contributed by atoms with E-state index in [1.54, 1.807) is 0 Å². The molecule has 1 atom stereocenters. The average molecular weight is 325 g/mol. The van der Waals surface area contributed by atoms with Crippen LogP contribution in [0.15, 0.2) is 47.2 Å². The lowest BCUT2D eigenvalue weighted by Crippen LogP contribution is -2.31. The molecule has 0 aliphatic rings. The fourth-order valence-electron chi connectivity index (χ4n) is 2.56. The zero-order chi connectivity index (χ0) is 16.8. The van der Waals surface area contributed by atoms with E-state index in [4.69, 9.17) is 4.52 Å². The van der Waals surface area contributed by atoms with Gasteiger partial charge in [0.2, 0.25) is 11.7 Å². The monoisotopic (exact) mass is 325 g/mol. The van der Waals surface area contributed by atoms with Crippen LogP contribution >= 0.6 is 0 Å². The van der Waals surface area contributed by atoms with Gasteiger partial charge in [-0.05, 0) is 32.4 Å². The number of rotatable bonds is 8. The highest BCUT2D eigenvalue weighted by atomic mass is 16.5. The van der Waals surface area contributed by atoms with Gasteiger partial charge in [-0.3, -0.25) is 4.68 Å². The maximum atomic E-state index is 5.32. The van der Waals surface area contributed by atoms with Gasteiger partial charge in [-0.15, -0.1) is 0 Å². The number of hydrogen-bond acceptors (Lipinski definition) is 5. The Kier molecular flexibility index (Phi) is 5.38. The van der Waals surface area contributed by atoms with Crippen molar-refractivity contribution in [3.8, 4) is 11.4 Å². The summed E-state index contributed by atoms with van der Waals surface area (Å²) in [5.74, 6) is 1.34. The first-order valence-electron chi connectivity index (χ1n) is 8.31. The third kappa shape index (κ3) is 4.52. The van der Waals surface area contributed by atoms with Crippen LogP contribution in [0.3, 0.4) is 0 Å². The van der Waals surface area contributed by atoms with Crippen LogP contribution in [0.1, 0.15) is 24.8 Å². The van der Waals surface area contributed by atoms with Crippen molar-refractivity contribution in [1.82, 2.24) is 25.2 Å². The van der Waals surface area contributed by atoms with E-state index in [0.29, 0.717) is 17.8 Å². The molecule has 0 radical (unpaired) electrons. The summed E-state index contributed by atoms with van der Waals surface area (Å²) in [5, 5.41) is 11.8. The molecular formula is C18H23N5O. The van der Waals surface area contributed by atoms with E-state index in [1.807, 2.05) is 41.2 Å². The molecule has 24 heavy (non-hydrogen) atoms. The van der Waals surface area contributed by atoms with Crippen LogP contribution < -0.4 is 5.32 Å². The second-order valence-corrected chi connectivity index (χ2v) is 6.08. The molecular weight excluding hydrogens is 302 g/mol. The number of aryl methyl sites for hydroxylation is 2. The van der Waals surface area contributed by atoms with E-state index in [0.717, 1.165) is 31.5 Å². The molecule has 6 nitrogen and oxygen atoms in total. The van der Waals surface area contributed by atoms with Gasteiger partial charge in [-0.2, -0.15) is 10.1 Å². The van der Waals surface area contributed by atoms with E-state index in [-0.39, 0.29) is 0 Å². The number of benzene rings is 1. The summed E-state index contributed by atoms with van der Waals surface area (Å²) in [6.07, 6.45) is 5.67. The number of aromatic nitrogens is 4. The molecule has 0 saturated heterocycles. The van der Waals surface area contributed by atoms with Crippen LogP contribution in [-0.2, 0) is 13.0 Å². The molecule has 0 aliphatic carbocycles. The Hall–Kier alpha value is -2.47. The molecule has 0 bridgehead atoms. The summed E-state index contributed by atoms with van der Waals surface area (Å²) in [7, 11) is 0. The molecule has 0 aliphatic heterocycles. The van der Waals surface area contributed by atoms with E-state index in [2.05, 4.69) is 40.6 Å². The summed E-state index contributed by atoms with van der Waals surface area (Å²) < 4.78 is 7.29. The fraction of sp³-hybridized carbons (Fsp3) is 0.389. The van der Waals surface area contributed by atoms with Gasteiger partial charge < -0.3 is 9.84 Å². The molecule has 6 heteroatoms. The standard InChI is InChI=1S/C18H23N5O/c1-14-11-20-23(12-14)13-15(2)19-10-6-9-17-21-18(22-24-17)16-7-4-3-5-8-16/h3-5,7-8,11-12,15,19H,6,9-10,13H2,1-2H3. The zero-order valence-corrected chi connectivity index (χ0v) is 14.1. The minimum absolute atomic E-state index is 0.367. The topological polar surface area (TPSA) is 68.8 Å². The minimum Gasteiger partial charge on any atom is -0.339 e. The molecule has 1 aromatic carbocycles. The Bertz CT molecular complexity index is 750. The van der Waals surface area contributed by atoms with E-state index in [1.165, 1.54) is 5.56 Å². The molecule has 2 heterocycles. The zero-order valence-electron chi connectivity index (χ0n) is 14.1. The third-order valence-electron chi connectivity index (χ3n) is 3.78. The first-order chi connectivity index (χ1) is 11.7. The minimum atomic E-state index is 0.367. The molecule has 0 amide bonds. The molecule has 3 rings (SSSR count). The van der Waals surface area contributed by atoms with Crippen molar-refractivity contribution < 1.29 is 4.52 Å². The average Bonchev–Trinajstić information content (AvgIpc) is 3.22. The molecule has 126 valence electrons. The Morgan fingerprint density at radius 2 is 2.08 bits per heavy atom. The highest BCUT2D eigenvalue weighted by molar-refractivity contribution is 5.53. The second-order valence-electron chi connectivity index (χ2n) is 6.08. The van der Waals surface area contributed by atoms with Gasteiger partial charge in [0.25, 0.3) is 0 Å². The predicted octanol–water partition coefficient (Wildman–Crippen LogP) is 2.85. The van der Waals surface area contributed by atoms with Crippen molar-refractivity contribution in [3.63, 3.8) is 0 Å². The normalized spacial score (nSPS) is 12.4. The number of nitrogens with zero attached hydrogens (tertiary/aromatic N) is 4. The van der Waals surface area contributed by atoms with Crippen LogP contribution in [0.25, 0.3) is 11.4 Å². The summed E-state index contributed by atoms with van der Waals surface area (Å²) in [6.45, 7) is 5.99. The maximum absolute atomic E-state index is 5.32. The first kappa shape index (κ1) is 16.4. The predicted molar refractivity (Wildman–Crippen MR) is 92.5 cm³/mol. The van der Waals surface area contributed by atoms with Gasteiger partial charge in [0, 0.05) is 24.2 Å². The molecule has 2 aromatic heterocycles. The Morgan fingerprint density at radius 3 is 2.83 bits per heavy atom. The van der Waals surface area contributed by atoms with Crippen LogP contribution in [-0.4, -0.2) is 32.5 Å². The Balaban J connectivity index is 1.40. The lowest BCUT2D eigenvalue weighted by molar-refractivity contribution is 0.371. The van der Waals surface area contributed by atoms with Gasteiger partial charge in [0.15, 0.2) is 0 Å². The molecule has 0 spiro atoms. The van der Waals surface area contributed by atoms with Gasteiger partial charge in [-0.1, -0.05) is 35.5 Å². The van der Waals surface area contributed by atoms with E-state index < -0.39 is 0 Å². The van der Waals surface area contributed by atoms with Crippen molar-refractivity contribution in [2.75, 3.05) is 6.54 Å². The maximum Gasteiger partial charge on any atom is 0.227 e. The second kappa shape index (κ2) is 7.88. The molecule has 1 unspecified atom stereocenters. The van der Waals surface area contributed by atoms with Crippen molar-refractivity contribution in [3.05, 3.63) is 54.2 Å². The number of hydrogen-bond donors (Lipinski definition) is 1. The molecule has 0 fully saturated rings. The van der Waals surface area contributed by atoms with Crippen LogP contribution in [0.2, 0.25) is 0 Å². The Labute approximate surface area is 141 Å². The molecule has 3 aromatic rings. The van der Waals surface area contributed by atoms with Crippen molar-refractivity contribution in [1.29, 1.82) is 0 Å². The highest BCUT2D eigenvalue weighted by Gasteiger charge is 2.08. The lowest BCUT2D eigenvalue weighted by Gasteiger charge is -2.13. The van der Waals surface area contributed by atoms with Crippen molar-refractivity contribution in [2.24, 2.45) is 0 Å². The molecule has 1 N–H and O–H groups in total. The van der Waals surface area contributed by atoms with Gasteiger partial charge in [0.05, 0.1) is 12.7 Å². The Morgan fingerprint density at radius 1 is 1.25 bits per heavy atom. The van der Waals surface area contributed by atoms with Crippen LogP contribution in [0.4, 0.5) is 0 Å². The van der Waals surface area contributed by atoms with E-state index in [9.17, 15) is 0 Å². The summed E-state index contributed by atoms with van der Waals surface area (Å²) >= 11 is 0. The van der Waals surface area contributed by atoms with Gasteiger partial charge in [-0.25, -0.2) is 0 Å². The fourth-order valence-corrected chi connectivity index (χ4v) is 2.56. The van der Waals surface area contributed by atoms with Crippen LogP contribution in [0, 0.1) is 6.92 Å². The molecule has 0 saturated carbocycles. The van der Waals surface area contributed by atoms with Crippen molar-refractivity contribution in [2.45, 2.75) is 39.3 Å². The number of nitrogens with one attached hydrogen (secondary N) is 1.